The molecule has 0 radical (unpaired) electrons. The first-order chi connectivity index (χ1) is 6.79. The van der Waals surface area contributed by atoms with Crippen molar-refractivity contribution in [2.75, 3.05) is 11.0 Å². The molecule has 1 rings (SSSR count). The molecular formula is C8H10FN3O2S. The Morgan fingerprint density at radius 3 is 2.53 bits per heavy atom. The molecule has 0 aromatic heterocycles. The van der Waals surface area contributed by atoms with Crippen LogP contribution in [0.5, 0.6) is 0 Å². The standard InChI is InChI=1S/C8H10FN3O2S/c1-15(13,14)12-7-3-2-5(8(10)11)4-6(7)9/h2-4,12H,1H3,(H3,10,11). The molecule has 7 heteroatoms. The predicted octanol–water partition coefficient (Wildman–Crippen LogP) is 0.481. The minimum Gasteiger partial charge on any atom is -0.384 e. The van der Waals surface area contributed by atoms with E-state index in [9.17, 15) is 12.8 Å². The number of amidine groups is 1. The fourth-order valence-corrected chi connectivity index (χ4v) is 1.53. The summed E-state index contributed by atoms with van der Waals surface area (Å²) in [7, 11) is -3.51. The van der Waals surface area contributed by atoms with Gasteiger partial charge in [0.1, 0.15) is 11.7 Å². The van der Waals surface area contributed by atoms with Crippen LogP contribution in [0.25, 0.3) is 0 Å². The maximum Gasteiger partial charge on any atom is 0.229 e. The summed E-state index contributed by atoms with van der Waals surface area (Å²) in [5, 5.41) is 7.05. The average Bonchev–Trinajstić information content (AvgIpc) is 2.05. The van der Waals surface area contributed by atoms with Crippen LogP contribution in [0.3, 0.4) is 0 Å². The van der Waals surface area contributed by atoms with Crippen molar-refractivity contribution in [3.05, 3.63) is 29.6 Å². The van der Waals surface area contributed by atoms with Gasteiger partial charge in [0.15, 0.2) is 0 Å². The minimum atomic E-state index is -3.51. The Morgan fingerprint density at radius 2 is 2.13 bits per heavy atom. The van der Waals surface area contributed by atoms with Crippen molar-refractivity contribution in [2.24, 2.45) is 5.73 Å². The van der Waals surface area contributed by atoms with E-state index in [2.05, 4.69) is 0 Å². The van der Waals surface area contributed by atoms with Crippen LogP contribution in [-0.4, -0.2) is 20.5 Å². The van der Waals surface area contributed by atoms with Crippen LogP contribution < -0.4 is 10.5 Å². The zero-order valence-electron chi connectivity index (χ0n) is 7.91. The molecule has 0 unspecified atom stereocenters. The lowest BCUT2D eigenvalue weighted by molar-refractivity contribution is 0.603. The molecule has 15 heavy (non-hydrogen) atoms. The van der Waals surface area contributed by atoms with E-state index >= 15 is 0 Å². The van der Waals surface area contributed by atoms with Crippen molar-refractivity contribution < 1.29 is 12.8 Å². The van der Waals surface area contributed by atoms with Gasteiger partial charge in [0.25, 0.3) is 0 Å². The number of halogens is 1. The first-order valence-corrected chi connectivity index (χ1v) is 5.80. The smallest absolute Gasteiger partial charge is 0.229 e. The molecular weight excluding hydrogens is 221 g/mol. The largest absolute Gasteiger partial charge is 0.384 e. The third-order valence-corrected chi connectivity index (χ3v) is 2.17. The first kappa shape index (κ1) is 11.4. The molecule has 0 heterocycles. The van der Waals surface area contributed by atoms with Crippen molar-refractivity contribution >= 4 is 21.5 Å². The number of hydrogen-bond donors (Lipinski definition) is 3. The maximum atomic E-state index is 13.3. The molecule has 1 aromatic rings. The Labute approximate surface area is 86.7 Å². The summed E-state index contributed by atoms with van der Waals surface area (Å²) in [6, 6.07) is 3.57. The lowest BCUT2D eigenvalue weighted by Gasteiger charge is -2.06. The molecule has 0 spiro atoms. The van der Waals surface area contributed by atoms with Crippen LogP contribution >= 0.6 is 0 Å². The second kappa shape index (κ2) is 3.85. The van der Waals surface area contributed by atoms with Gasteiger partial charge in [0.05, 0.1) is 11.9 Å². The number of nitrogens with one attached hydrogen (secondary N) is 2. The minimum absolute atomic E-state index is 0.164. The van der Waals surface area contributed by atoms with E-state index in [4.69, 9.17) is 11.1 Å². The van der Waals surface area contributed by atoms with E-state index < -0.39 is 15.8 Å². The second-order valence-corrected chi connectivity index (χ2v) is 4.73. The molecule has 82 valence electrons. The molecule has 4 N–H and O–H groups in total. The van der Waals surface area contributed by atoms with Crippen LogP contribution in [-0.2, 0) is 10.0 Å². The van der Waals surface area contributed by atoms with Gasteiger partial charge in [-0.3, -0.25) is 10.1 Å². The van der Waals surface area contributed by atoms with Gasteiger partial charge in [0, 0.05) is 5.56 Å². The third-order valence-electron chi connectivity index (χ3n) is 1.58. The summed E-state index contributed by atoms with van der Waals surface area (Å²) in [5.74, 6) is -1.05. The monoisotopic (exact) mass is 231 g/mol. The molecule has 5 nitrogen and oxygen atoms in total. The van der Waals surface area contributed by atoms with Gasteiger partial charge in [-0.2, -0.15) is 0 Å². The summed E-state index contributed by atoms with van der Waals surface area (Å²) >= 11 is 0. The number of hydrogen-bond acceptors (Lipinski definition) is 3. The van der Waals surface area contributed by atoms with Gasteiger partial charge >= 0.3 is 0 Å². The predicted molar refractivity (Wildman–Crippen MR) is 55.9 cm³/mol. The summed E-state index contributed by atoms with van der Waals surface area (Å²) in [6.45, 7) is 0. The van der Waals surface area contributed by atoms with E-state index in [-0.39, 0.29) is 17.1 Å². The SMILES string of the molecule is CS(=O)(=O)Nc1ccc(C(=N)N)cc1F. The van der Waals surface area contributed by atoms with Crippen molar-refractivity contribution in [1.29, 1.82) is 5.41 Å². The highest BCUT2D eigenvalue weighted by Gasteiger charge is 2.08. The molecule has 0 aliphatic carbocycles. The van der Waals surface area contributed by atoms with Gasteiger partial charge in [0.2, 0.25) is 10.0 Å². The molecule has 0 bridgehead atoms. The highest BCUT2D eigenvalue weighted by Crippen LogP contribution is 2.16. The van der Waals surface area contributed by atoms with E-state index in [1.165, 1.54) is 12.1 Å². The summed E-state index contributed by atoms with van der Waals surface area (Å²) in [5.41, 5.74) is 5.17. The average molecular weight is 231 g/mol. The Balaban J connectivity index is 3.09. The molecule has 0 saturated heterocycles. The first-order valence-electron chi connectivity index (χ1n) is 3.91. The lowest BCUT2D eigenvalue weighted by Crippen LogP contribution is -2.14. The molecule has 0 aliphatic heterocycles. The van der Waals surface area contributed by atoms with E-state index in [0.717, 1.165) is 12.3 Å². The molecule has 0 fully saturated rings. The normalized spacial score (nSPS) is 11.1. The number of benzene rings is 1. The number of nitrogen functional groups attached to an aromatic ring is 1. The van der Waals surface area contributed by atoms with E-state index in [1.54, 1.807) is 0 Å². The van der Waals surface area contributed by atoms with Crippen LogP contribution in [0, 0.1) is 11.2 Å². The summed E-state index contributed by atoms with van der Waals surface area (Å²) in [4.78, 5) is 0. The Kier molecular flexibility index (Phi) is 2.94. The number of rotatable bonds is 3. The van der Waals surface area contributed by atoms with E-state index in [1.807, 2.05) is 4.72 Å². The van der Waals surface area contributed by atoms with Crippen molar-refractivity contribution in [2.45, 2.75) is 0 Å². The fraction of sp³-hybridized carbons (Fsp3) is 0.125. The van der Waals surface area contributed by atoms with Crippen LogP contribution in [0.1, 0.15) is 5.56 Å². The molecule has 0 aliphatic rings. The third kappa shape index (κ3) is 3.21. The Hall–Kier alpha value is -1.63. The zero-order chi connectivity index (χ0) is 11.6. The van der Waals surface area contributed by atoms with Crippen LogP contribution in [0.2, 0.25) is 0 Å². The van der Waals surface area contributed by atoms with E-state index in [0.29, 0.717) is 0 Å². The quantitative estimate of drug-likeness (QED) is 0.521. The van der Waals surface area contributed by atoms with Crippen LogP contribution in [0.4, 0.5) is 10.1 Å². The van der Waals surface area contributed by atoms with Gasteiger partial charge in [-0.05, 0) is 18.2 Å². The Morgan fingerprint density at radius 1 is 1.53 bits per heavy atom. The van der Waals surface area contributed by atoms with Gasteiger partial charge < -0.3 is 5.73 Å². The molecule has 0 atom stereocenters. The van der Waals surface area contributed by atoms with Gasteiger partial charge in [-0.1, -0.05) is 0 Å². The van der Waals surface area contributed by atoms with Crippen molar-refractivity contribution in [3.63, 3.8) is 0 Å². The van der Waals surface area contributed by atoms with Crippen LogP contribution in [0.15, 0.2) is 18.2 Å². The second-order valence-electron chi connectivity index (χ2n) is 2.98. The zero-order valence-corrected chi connectivity index (χ0v) is 8.73. The van der Waals surface area contributed by atoms with Crippen molar-refractivity contribution in [1.82, 2.24) is 0 Å². The summed E-state index contributed by atoms with van der Waals surface area (Å²) < 4.78 is 36.9. The topological polar surface area (TPSA) is 96.0 Å². The highest BCUT2D eigenvalue weighted by atomic mass is 32.2. The van der Waals surface area contributed by atoms with Gasteiger partial charge in [-0.15, -0.1) is 0 Å². The molecule has 1 aromatic carbocycles. The maximum absolute atomic E-state index is 13.3. The number of anilines is 1. The molecule has 0 saturated carbocycles. The van der Waals surface area contributed by atoms with Gasteiger partial charge in [-0.25, -0.2) is 12.8 Å². The number of sulfonamides is 1. The molecule has 0 amide bonds. The van der Waals surface area contributed by atoms with Crippen molar-refractivity contribution in [3.8, 4) is 0 Å². The lowest BCUT2D eigenvalue weighted by atomic mass is 10.2. The fourth-order valence-electron chi connectivity index (χ4n) is 0.965. The summed E-state index contributed by atoms with van der Waals surface area (Å²) in [6.07, 6.45) is 0.922. The number of nitrogens with two attached hydrogens (primary N) is 1. The Bertz CT molecular complexity index is 499. The highest BCUT2D eigenvalue weighted by molar-refractivity contribution is 7.92.